The lowest BCUT2D eigenvalue weighted by atomic mass is 10.0. The topological polar surface area (TPSA) is 78.0 Å². The van der Waals surface area contributed by atoms with Crippen LogP contribution in [-0.4, -0.2) is 21.0 Å². The molecular weight excluding hydrogens is 254 g/mol. The highest BCUT2D eigenvalue weighted by atomic mass is 16.3. The third-order valence-corrected chi connectivity index (χ3v) is 3.14. The molecule has 100 valence electrons. The molecule has 0 fully saturated rings. The number of hydrogen-bond acceptors (Lipinski definition) is 3. The molecule has 0 spiro atoms. The molecule has 5 heteroatoms. The molecule has 0 radical (unpaired) electrons. The first kappa shape index (κ1) is 12.2. The zero-order chi connectivity index (χ0) is 13.9. The van der Waals surface area contributed by atoms with E-state index in [1.165, 1.54) is 0 Å². The maximum Gasteiger partial charge on any atom is 0.255 e. The lowest BCUT2D eigenvalue weighted by Gasteiger charge is -2.08. The zero-order valence-corrected chi connectivity index (χ0v) is 10.6. The van der Waals surface area contributed by atoms with Gasteiger partial charge in [0.25, 0.3) is 5.91 Å². The van der Waals surface area contributed by atoms with Crippen LogP contribution in [0.25, 0.3) is 10.8 Å². The van der Waals surface area contributed by atoms with E-state index in [0.29, 0.717) is 11.9 Å². The number of nitrogens with one attached hydrogen (secondary N) is 2. The Bertz CT molecular complexity index is 751. The van der Waals surface area contributed by atoms with Crippen molar-refractivity contribution in [3.8, 4) is 5.75 Å². The fraction of sp³-hybridized carbons (Fsp3) is 0.0667. The van der Waals surface area contributed by atoms with Gasteiger partial charge in [0.15, 0.2) is 0 Å². The van der Waals surface area contributed by atoms with Gasteiger partial charge in [0.2, 0.25) is 0 Å². The second kappa shape index (κ2) is 5.05. The first-order valence-corrected chi connectivity index (χ1v) is 6.22. The fourth-order valence-corrected chi connectivity index (χ4v) is 2.09. The normalized spacial score (nSPS) is 10.6. The van der Waals surface area contributed by atoms with Gasteiger partial charge >= 0.3 is 0 Å². The van der Waals surface area contributed by atoms with Crippen LogP contribution < -0.4 is 5.32 Å². The van der Waals surface area contributed by atoms with E-state index in [1.807, 2.05) is 24.3 Å². The second-order valence-corrected chi connectivity index (χ2v) is 4.44. The van der Waals surface area contributed by atoms with Crippen molar-refractivity contribution in [1.82, 2.24) is 15.3 Å². The maximum absolute atomic E-state index is 12.1. The summed E-state index contributed by atoms with van der Waals surface area (Å²) in [5, 5.41) is 14.5. The maximum atomic E-state index is 12.1. The first-order chi connectivity index (χ1) is 9.75. The van der Waals surface area contributed by atoms with Crippen molar-refractivity contribution in [3.05, 3.63) is 60.2 Å². The third-order valence-electron chi connectivity index (χ3n) is 3.14. The molecule has 5 nitrogen and oxygen atoms in total. The van der Waals surface area contributed by atoms with Crippen LogP contribution in [0.1, 0.15) is 16.1 Å². The van der Waals surface area contributed by atoms with E-state index < -0.39 is 0 Å². The van der Waals surface area contributed by atoms with Gasteiger partial charge in [-0.15, -0.1) is 0 Å². The van der Waals surface area contributed by atoms with Gasteiger partial charge in [0, 0.05) is 11.6 Å². The molecule has 0 aliphatic carbocycles. The van der Waals surface area contributed by atoms with Crippen molar-refractivity contribution in [2.45, 2.75) is 6.54 Å². The number of carbonyl (C=O) groups excluding carboxylic acids is 1. The molecule has 0 bridgehead atoms. The van der Waals surface area contributed by atoms with E-state index in [2.05, 4.69) is 15.3 Å². The highest BCUT2D eigenvalue weighted by Crippen LogP contribution is 2.28. The number of phenols is 1. The first-order valence-electron chi connectivity index (χ1n) is 6.22. The van der Waals surface area contributed by atoms with Crippen molar-refractivity contribution in [3.63, 3.8) is 0 Å². The van der Waals surface area contributed by atoms with E-state index in [9.17, 15) is 9.90 Å². The molecule has 1 aromatic heterocycles. The minimum atomic E-state index is -0.317. The number of nitrogens with zero attached hydrogens (tertiary/aromatic N) is 1. The van der Waals surface area contributed by atoms with Crippen molar-refractivity contribution in [2.24, 2.45) is 0 Å². The SMILES string of the molecule is O=C(NCc1cnc[nH]1)c1ccc2ccccc2c1O. The molecule has 2 aromatic carbocycles. The van der Waals surface area contributed by atoms with E-state index in [-0.39, 0.29) is 17.2 Å². The molecule has 3 aromatic rings. The molecule has 0 saturated carbocycles. The van der Waals surface area contributed by atoms with Gasteiger partial charge in [-0.2, -0.15) is 0 Å². The number of fused-ring (bicyclic) bond motifs is 1. The molecule has 1 amide bonds. The van der Waals surface area contributed by atoms with Gasteiger partial charge in [-0.1, -0.05) is 30.3 Å². The summed E-state index contributed by atoms with van der Waals surface area (Å²) in [5.74, 6) is -0.312. The minimum Gasteiger partial charge on any atom is -0.506 e. The van der Waals surface area contributed by atoms with Crippen LogP contribution >= 0.6 is 0 Å². The highest BCUT2D eigenvalue weighted by Gasteiger charge is 2.13. The van der Waals surface area contributed by atoms with Crippen molar-refractivity contribution < 1.29 is 9.90 Å². The van der Waals surface area contributed by atoms with Gasteiger partial charge in [-0.3, -0.25) is 4.79 Å². The Morgan fingerprint density at radius 1 is 1.25 bits per heavy atom. The minimum absolute atomic E-state index is 0.00482. The van der Waals surface area contributed by atoms with E-state index >= 15 is 0 Å². The predicted octanol–water partition coefficient (Wildman–Crippen LogP) is 2.20. The Labute approximate surface area is 115 Å². The number of phenolic OH excluding ortho intramolecular Hbond substituents is 1. The summed E-state index contributed by atoms with van der Waals surface area (Å²) in [6.45, 7) is 0.338. The van der Waals surface area contributed by atoms with Gasteiger partial charge in [0.05, 0.1) is 24.1 Å². The number of benzene rings is 2. The molecule has 3 N–H and O–H groups in total. The van der Waals surface area contributed by atoms with E-state index in [4.69, 9.17) is 0 Å². The van der Waals surface area contributed by atoms with Crippen LogP contribution in [0.2, 0.25) is 0 Å². The zero-order valence-electron chi connectivity index (χ0n) is 10.6. The van der Waals surface area contributed by atoms with Gasteiger partial charge in [0.1, 0.15) is 5.75 Å². The Hall–Kier alpha value is -2.82. The summed E-state index contributed by atoms with van der Waals surface area (Å²) >= 11 is 0. The molecule has 0 saturated heterocycles. The Balaban J connectivity index is 1.86. The molecule has 0 unspecified atom stereocenters. The Kier molecular flexibility index (Phi) is 3.09. The standard InChI is InChI=1S/C15H13N3O2/c19-14-12-4-2-1-3-10(12)5-6-13(14)15(20)17-8-11-7-16-9-18-11/h1-7,9,19H,8H2,(H,16,18)(H,17,20). The number of rotatable bonds is 3. The summed E-state index contributed by atoms with van der Waals surface area (Å²) in [6, 6.07) is 10.8. The lowest BCUT2D eigenvalue weighted by molar-refractivity contribution is 0.0948. The summed E-state index contributed by atoms with van der Waals surface area (Å²) in [6.07, 6.45) is 3.19. The van der Waals surface area contributed by atoms with Gasteiger partial charge < -0.3 is 15.4 Å². The highest BCUT2D eigenvalue weighted by molar-refractivity contribution is 6.03. The average molecular weight is 267 g/mol. The third kappa shape index (κ3) is 2.21. The van der Waals surface area contributed by atoms with Crippen LogP contribution in [0, 0.1) is 0 Å². The quantitative estimate of drug-likeness (QED) is 0.680. The molecule has 20 heavy (non-hydrogen) atoms. The average Bonchev–Trinajstić information content (AvgIpc) is 2.99. The second-order valence-electron chi connectivity index (χ2n) is 4.44. The van der Waals surface area contributed by atoms with Crippen LogP contribution in [0.4, 0.5) is 0 Å². The number of H-pyrrole nitrogens is 1. The van der Waals surface area contributed by atoms with Crippen LogP contribution in [0.15, 0.2) is 48.9 Å². The smallest absolute Gasteiger partial charge is 0.255 e. The van der Waals surface area contributed by atoms with E-state index in [0.717, 1.165) is 11.1 Å². The van der Waals surface area contributed by atoms with Crippen LogP contribution in [-0.2, 0) is 6.54 Å². The van der Waals surface area contributed by atoms with E-state index in [1.54, 1.807) is 24.7 Å². The lowest BCUT2D eigenvalue weighted by Crippen LogP contribution is -2.23. The Morgan fingerprint density at radius 2 is 2.10 bits per heavy atom. The molecule has 3 rings (SSSR count). The summed E-state index contributed by atoms with van der Waals surface area (Å²) in [4.78, 5) is 18.9. The van der Waals surface area contributed by atoms with Gasteiger partial charge in [-0.05, 0) is 11.5 Å². The number of aromatic hydroxyl groups is 1. The number of hydrogen-bond donors (Lipinski definition) is 3. The van der Waals surface area contributed by atoms with Crippen LogP contribution in [0.3, 0.4) is 0 Å². The summed E-state index contributed by atoms with van der Waals surface area (Å²) in [5.41, 5.74) is 1.07. The number of imidazole rings is 1. The monoisotopic (exact) mass is 267 g/mol. The largest absolute Gasteiger partial charge is 0.506 e. The number of aromatic amines is 1. The Morgan fingerprint density at radius 3 is 2.90 bits per heavy atom. The molecule has 0 aliphatic rings. The molecular formula is C15H13N3O2. The number of aromatic nitrogens is 2. The predicted molar refractivity (Wildman–Crippen MR) is 75.4 cm³/mol. The molecule has 1 heterocycles. The van der Waals surface area contributed by atoms with Crippen molar-refractivity contribution >= 4 is 16.7 Å². The number of amides is 1. The van der Waals surface area contributed by atoms with Crippen molar-refractivity contribution in [2.75, 3.05) is 0 Å². The number of carbonyl (C=O) groups is 1. The van der Waals surface area contributed by atoms with Gasteiger partial charge in [-0.25, -0.2) is 4.98 Å². The van der Waals surface area contributed by atoms with Crippen molar-refractivity contribution in [1.29, 1.82) is 0 Å². The molecule has 0 aliphatic heterocycles. The summed E-state index contributed by atoms with van der Waals surface area (Å²) < 4.78 is 0. The molecule has 0 atom stereocenters. The fourth-order valence-electron chi connectivity index (χ4n) is 2.09. The van der Waals surface area contributed by atoms with Crippen LogP contribution in [0.5, 0.6) is 5.75 Å². The summed E-state index contributed by atoms with van der Waals surface area (Å²) in [7, 11) is 0.